The summed E-state index contributed by atoms with van der Waals surface area (Å²) in [6, 6.07) is 1.21. The summed E-state index contributed by atoms with van der Waals surface area (Å²) >= 11 is 0. The Hall–Kier alpha value is -1.56. The third-order valence-corrected chi connectivity index (χ3v) is 5.88. The fourth-order valence-corrected chi connectivity index (χ4v) is 4.38. The van der Waals surface area contributed by atoms with Crippen molar-refractivity contribution in [1.29, 1.82) is 0 Å². The van der Waals surface area contributed by atoms with Crippen LogP contribution in [0.15, 0.2) is 17.1 Å². The topological polar surface area (TPSA) is 139 Å². The molecule has 4 atom stereocenters. The third kappa shape index (κ3) is 3.84. The van der Waals surface area contributed by atoms with Gasteiger partial charge in [0.2, 0.25) is 0 Å². The molecular formula is C12H18BN2O9P. The molecule has 3 heterocycles. The van der Waals surface area contributed by atoms with Gasteiger partial charge in [-0.05, 0) is 0 Å². The number of ether oxygens (including phenoxy) is 2. The number of esters is 1. The van der Waals surface area contributed by atoms with Crippen molar-refractivity contribution in [2.75, 3.05) is 13.4 Å². The van der Waals surface area contributed by atoms with Crippen LogP contribution in [-0.2, 0) is 27.8 Å². The second-order valence-electron chi connectivity index (χ2n) is 5.69. The molecule has 2 N–H and O–H groups in total. The number of carbonyl (C=O) groups is 1. The molecule has 13 heteroatoms. The molecule has 0 bridgehead atoms. The summed E-state index contributed by atoms with van der Waals surface area (Å²) in [4.78, 5) is 26.1. The van der Waals surface area contributed by atoms with E-state index < -0.39 is 49.9 Å². The van der Waals surface area contributed by atoms with Crippen molar-refractivity contribution in [3.8, 4) is 5.88 Å². The molecule has 2 fully saturated rings. The van der Waals surface area contributed by atoms with Crippen molar-refractivity contribution in [2.24, 2.45) is 0 Å². The fourth-order valence-electron chi connectivity index (χ4n) is 2.64. The molecule has 2 aliphatic heterocycles. The van der Waals surface area contributed by atoms with E-state index in [4.69, 9.17) is 23.0 Å². The molecule has 11 nitrogen and oxygen atoms in total. The van der Waals surface area contributed by atoms with E-state index in [1.54, 1.807) is 7.57 Å². The minimum atomic E-state index is -3.14. The van der Waals surface area contributed by atoms with Gasteiger partial charge in [-0.1, -0.05) is 0 Å². The van der Waals surface area contributed by atoms with E-state index in [-0.39, 0.29) is 13.4 Å². The zero-order valence-corrected chi connectivity index (χ0v) is 14.5. The number of aliphatic hydroxyl groups excluding tert-OH is 1. The SMILES string of the molecule is B[PH]1(OCOC(C)=O)OCC2OC(n3ccc(O)nc3=O)C(O)[C@@H]2O1. The molecular weight excluding hydrogens is 358 g/mol. The van der Waals surface area contributed by atoms with Gasteiger partial charge in [-0.3, -0.25) is 0 Å². The molecule has 0 aliphatic carbocycles. The number of hydrogen-bond acceptors (Lipinski definition) is 10. The first-order valence-electron chi connectivity index (χ1n) is 7.50. The maximum atomic E-state index is 11.9. The Morgan fingerprint density at radius 1 is 1.60 bits per heavy atom. The van der Waals surface area contributed by atoms with Crippen LogP contribution in [0.5, 0.6) is 5.88 Å². The van der Waals surface area contributed by atoms with Gasteiger partial charge in [-0.15, -0.1) is 0 Å². The zero-order valence-electron chi connectivity index (χ0n) is 13.5. The number of nitrogens with zero attached hydrogens (tertiary/aromatic N) is 2. The van der Waals surface area contributed by atoms with E-state index in [1.165, 1.54) is 19.2 Å². The van der Waals surface area contributed by atoms with E-state index in [0.29, 0.717) is 0 Å². The van der Waals surface area contributed by atoms with E-state index >= 15 is 0 Å². The average Bonchev–Trinajstić information content (AvgIpc) is 2.83. The number of rotatable bonds is 4. The standard InChI is InChI=1S/C12H18BN2O9P/c1-6(16)20-5-22-25(13)21-4-7-10(24-25)9(18)11(23-7)15-3-2-8(17)14-12(15)19/h2-3,7,9-11,18,25H,4-5,13H2,1H3,(H,14,17,19)/t7?,9?,10-,11?/m1/s1. The average molecular weight is 376 g/mol. The van der Waals surface area contributed by atoms with Crippen LogP contribution in [0.4, 0.5) is 0 Å². The van der Waals surface area contributed by atoms with Crippen LogP contribution in [0.3, 0.4) is 0 Å². The van der Waals surface area contributed by atoms with Crippen molar-refractivity contribution >= 4 is 21.4 Å². The Bertz CT molecular complexity index is 718. The number of aromatic nitrogens is 2. The molecule has 2 saturated heterocycles. The Morgan fingerprint density at radius 3 is 3.04 bits per heavy atom. The van der Waals surface area contributed by atoms with Crippen LogP contribution in [-0.4, -0.2) is 65.0 Å². The Balaban J connectivity index is 1.71. The summed E-state index contributed by atoms with van der Waals surface area (Å²) in [5.74, 6) is -0.931. The summed E-state index contributed by atoms with van der Waals surface area (Å²) < 4.78 is 28.1. The molecule has 2 aliphatic rings. The van der Waals surface area contributed by atoms with Gasteiger partial charge >= 0.3 is 142 Å². The van der Waals surface area contributed by atoms with Crippen LogP contribution < -0.4 is 5.69 Å². The summed E-state index contributed by atoms with van der Waals surface area (Å²) in [6.45, 7) is 1.01. The van der Waals surface area contributed by atoms with Crippen molar-refractivity contribution in [3.63, 3.8) is 0 Å². The summed E-state index contributed by atoms with van der Waals surface area (Å²) in [6.07, 6.45) is -2.34. The molecule has 3 unspecified atom stereocenters. The molecule has 0 amide bonds. The molecule has 25 heavy (non-hydrogen) atoms. The van der Waals surface area contributed by atoms with Crippen molar-refractivity contribution in [1.82, 2.24) is 9.55 Å². The van der Waals surface area contributed by atoms with E-state index in [0.717, 1.165) is 4.57 Å². The van der Waals surface area contributed by atoms with Gasteiger partial charge in [0.25, 0.3) is 0 Å². The van der Waals surface area contributed by atoms with E-state index in [2.05, 4.69) is 4.98 Å². The Kier molecular flexibility index (Phi) is 5.10. The molecule has 0 saturated carbocycles. The van der Waals surface area contributed by atoms with Crippen LogP contribution in [0.2, 0.25) is 0 Å². The van der Waals surface area contributed by atoms with Gasteiger partial charge in [0.1, 0.15) is 0 Å². The number of aromatic hydroxyl groups is 1. The number of hydrogen-bond donors (Lipinski definition) is 2. The second-order valence-corrected chi connectivity index (χ2v) is 8.22. The number of fused-ring (bicyclic) bond motifs is 1. The van der Waals surface area contributed by atoms with E-state index in [1.807, 2.05) is 0 Å². The summed E-state index contributed by atoms with van der Waals surface area (Å²) in [5, 5.41) is 19.7. The molecule has 0 aromatic carbocycles. The predicted octanol–water partition coefficient (Wildman–Crippen LogP) is -1.80. The van der Waals surface area contributed by atoms with Gasteiger partial charge < -0.3 is 0 Å². The van der Waals surface area contributed by atoms with Crippen molar-refractivity contribution in [2.45, 2.75) is 31.5 Å². The first kappa shape index (κ1) is 18.2. The Morgan fingerprint density at radius 2 is 2.36 bits per heavy atom. The molecule has 3 rings (SSSR count). The monoisotopic (exact) mass is 376 g/mol. The van der Waals surface area contributed by atoms with Crippen LogP contribution in [0, 0.1) is 0 Å². The zero-order chi connectivity index (χ0) is 18.2. The van der Waals surface area contributed by atoms with Gasteiger partial charge in [0.15, 0.2) is 0 Å². The van der Waals surface area contributed by atoms with Crippen LogP contribution >= 0.6 is 7.82 Å². The van der Waals surface area contributed by atoms with Gasteiger partial charge in [0.05, 0.1) is 0 Å². The minimum absolute atomic E-state index is 0.0846. The number of carbonyl (C=O) groups excluding carboxylic acids is 1. The normalized spacial score (nSPS) is 31.9. The molecule has 1 aromatic rings. The van der Waals surface area contributed by atoms with Gasteiger partial charge in [0, 0.05) is 0 Å². The predicted molar refractivity (Wildman–Crippen MR) is 85.5 cm³/mol. The molecule has 0 radical (unpaired) electrons. The second kappa shape index (κ2) is 6.98. The van der Waals surface area contributed by atoms with Crippen molar-refractivity contribution < 1.29 is 38.1 Å². The summed E-state index contributed by atoms with van der Waals surface area (Å²) in [5.41, 5.74) is -0.769. The molecule has 1 aromatic heterocycles. The summed E-state index contributed by atoms with van der Waals surface area (Å²) in [7, 11) is -1.55. The molecule has 0 spiro atoms. The first-order valence-corrected chi connectivity index (χ1v) is 9.72. The van der Waals surface area contributed by atoms with Crippen molar-refractivity contribution in [3.05, 3.63) is 22.7 Å². The van der Waals surface area contributed by atoms with Crippen LogP contribution in [0.1, 0.15) is 13.2 Å². The Labute approximate surface area is 143 Å². The molecule has 138 valence electrons. The van der Waals surface area contributed by atoms with Crippen LogP contribution in [0.25, 0.3) is 0 Å². The van der Waals surface area contributed by atoms with Gasteiger partial charge in [-0.2, -0.15) is 0 Å². The fraction of sp³-hybridized carbons (Fsp3) is 0.583. The van der Waals surface area contributed by atoms with Gasteiger partial charge in [-0.25, -0.2) is 0 Å². The quantitative estimate of drug-likeness (QED) is 0.268. The number of aliphatic hydroxyl groups is 1. The maximum absolute atomic E-state index is 11.9. The third-order valence-electron chi connectivity index (χ3n) is 3.84. The van der Waals surface area contributed by atoms with E-state index in [9.17, 15) is 19.8 Å². The first-order chi connectivity index (χ1) is 11.8.